The number of halogens is 1. The fraction of sp³-hybridized carbons (Fsp3) is 0.286. The van der Waals surface area contributed by atoms with Crippen molar-refractivity contribution in [2.45, 2.75) is 26.3 Å². The molecule has 3 N–H and O–H groups in total. The van der Waals surface area contributed by atoms with Crippen LogP contribution in [0, 0.1) is 0 Å². The number of carbonyl (C=O) groups is 1. The standard InChI is InChI=1S/C21H25N5O2S.HI/c1-3-17-14-24-19(29-17)9-10-23-21(22-2)25-13-15-6-4-7-16(12-15)26-20(27)18-8-5-11-28-18;/h4-8,11-12,14H,3,9-10,13H2,1-2H3,(H,26,27)(H2,22,23,25);1H. The molecule has 1 amide bonds. The van der Waals surface area contributed by atoms with Crippen molar-refractivity contribution in [3.8, 4) is 0 Å². The van der Waals surface area contributed by atoms with Crippen molar-refractivity contribution in [1.29, 1.82) is 0 Å². The number of amides is 1. The minimum absolute atomic E-state index is 0. The molecule has 0 unspecified atom stereocenters. The molecule has 2 aromatic heterocycles. The number of hydrogen-bond acceptors (Lipinski definition) is 5. The Balaban J connectivity index is 0.00000320. The fourth-order valence-corrected chi connectivity index (χ4v) is 3.54. The van der Waals surface area contributed by atoms with Crippen LogP contribution < -0.4 is 16.0 Å². The van der Waals surface area contributed by atoms with Gasteiger partial charge in [-0.1, -0.05) is 19.1 Å². The number of rotatable bonds is 8. The molecule has 30 heavy (non-hydrogen) atoms. The Hall–Kier alpha value is -2.40. The number of carbonyl (C=O) groups excluding carboxylic acids is 1. The largest absolute Gasteiger partial charge is 0.459 e. The van der Waals surface area contributed by atoms with Gasteiger partial charge in [-0.05, 0) is 36.2 Å². The first-order valence-corrected chi connectivity index (χ1v) is 10.3. The minimum atomic E-state index is -0.272. The summed E-state index contributed by atoms with van der Waals surface area (Å²) >= 11 is 1.76. The highest BCUT2D eigenvalue weighted by Gasteiger charge is 2.09. The van der Waals surface area contributed by atoms with E-state index < -0.39 is 0 Å². The third kappa shape index (κ3) is 7.13. The Morgan fingerprint density at radius 1 is 1.23 bits per heavy atom. The maximum Gasteiger partial charge on any atom is 0.291 e. The summed E-state index contributed by atoms with van der Waals surface area (Å²) in [5, 5.41) is 10.6. The number of aromatic nitrogens is 1. The van der Waals surface area contributed by atoms with Crippen LogP contribution in [0.2, 0.25) is 0 Å². The number of hydrogen-bond donors (Lipinski definition) is 3. The van der Waals surface area contributed by atoms with E-state index in [0.717, 1.165) is 35.9 Å². The van der Waals surface area contributed by atoms with Gasteiger partial charge in [0.15, 0.2) is 11.7 Å². The number of anilines is 1. The number of furan rings is 1. The minimum Gasteiger partial charge on any atom is -0.459 e. The number of nitrogens with zero attached hydrogens (tertiary/aromatic N) is 2. The van der Waals surface area contributed by atoms with Gasteiger partial charge in [0.1, 0.15) is 0 Å². The van der Waals surface area contributed by atoms with Crippen LogP contribution in [0.15, 0.2) is 58.3 Å². The molecule has 0 atom stereocenters. The smallest absolute Gasteiger partial charge is 0.291 e. The highest BCUT2D eigenvalue weighted by molar-refractivity contribution is 14.0. The Morgan fingerprint density at radius 3 is 2.80 bits per heavy atom. The molecular formula is C21H26IN5O2S. The second-order valence-corrected chi connectivity index (χ2v) is 7.51. The molecule has 2 heterocycles. The number of aryl methyl sites for hydroxylation is 1. The van der Waals surface area contributed by atoms with E-state index >= 15 is 0 Å². The second kappa shape index (κ2) is 12.3. The predicted molar refractivity (Wildman–Crippen MR) is 132 cm³/mol. The van der Waals surface area contributed by atoms with Crippen LogP contribution in [0.4, 0.5) is 5.69 Å². The van der Waals surface area contributed by atoms with Crippen LogP contribution in [0.1, 0.15) is 32.9 Å². The van der Waals surface area contributed by atoms with Gasteiger partial charge in [-0.2, -0.15) is 0 Å². The maximum atomic E-state index is 12.1. The molecule has 3 aromatic rings. The molecule has 9 heteroatoms. The molecule has 0 aliphatic rings. The molecule has 0 saturated carbocycles. The first-order chi connectivity index (χ1) is 14.2. The van der Waals surface area contributed by atoms with Crippen LogP contribution in [0.3, 0.4) is 0 Å². The van der Waals surface area contributed by atoms with Crippen molar-refractivity contribution in [3.05, 3.63) is 70.1 Å². The first-order valence-electron chi connectivity index (χ1n) is 9.50. The fourth-order valence-electron chi connectivity index (χ4n) is 2.68. The van der Waals surface area contributed by atoms with Gasteiger partial charge < -0.3 is 20.4 Å². The zero-order chi connectivity index (χ0) is 20.5. The zero-order valence-electron chi connectivity index (χ0n) is 17.0. The van der Waals surface area contributed by atoms with E-state index in [0.29, 0.717) is 12.2 Å². The van der Waals surface area contributed by atoms with Crippen LogP contribution >= 0.6 is 35.3 Å². The highest BCUT2D eigenvalue weighted by atomic mass is 127. The van der Waals surface area contributed by atoms with Gasteiger partial charge in [0, 0.05) is 43.3 Å². The highest BCUT2D eigenvalue weighted by Crippen LogP contribution is 2.14. The first kappa shape index (κ1) is 23.9. The summed E-state index contributed by atoms with van der Waals surface area (Å²) in [4.78, 5) is 22.1. The SMILES string of the molecule is CCc1cnc(CCNC(=NC)NCc2cccc(NC(=O)c3ccco3)c2)s1.I. The molecule has 0 bridgehead atoms. The Morgan fingerprint density at radius 2 is 2.10 bits per heavy atom. The summed E-state index contributed by atoms with van der Waals surface area (Å²) < 4.78 is 5.12. The van der Waals surface area contributed by atoms with E-state index in [4.69, 9.17) is 4.42 Å². The molecule has 0 aliphatic heterocycles. The summed E-state index contributed by atoms with van der Waals surface area (Å²) in [5.74, 6) is 0.734. The van der Waals surface area contributed by atoms with Gasteiger partial charge in [-0.3, -0.25) is 9.79 Å². The van der Waals surface area contributed by atoms with E-state index in [1.54, 1.807) is 30.5 Å². The molecule has 0 fully saturated rings. The summed E-state index contributed by atoms with van der Waals surface area (Å²) in [7, 11) is 1.74. The molecule has 7 nitrogen and oxygen atoms in total. The van der Waals surface area contributed by atoms with Crippen LogP contribution in [-0.2, 0) is 19.4 Å². The number of guanidine groups is 1. The lowest BCUT2D eigenvalue weighted by Crippen LogP contribution is -2.37. The third-order valence-electron chi connectivity index (χ3n) is 4.19. The molecule has 0 aliphatic carbocycles. The molecule has 3 rings (SSSR count). The summed E-state index contributed by atoms with van der Waals surface area (Å²) in [6.45, 7) is 3.48. The van der Waals surface area contributed by atoms with Crippen molar-refractivity contribution >= 4 is 52.9 Å². The third-order valence-corrected chi connectivity index (χ3v) is 5.40. The summed E-state index contributed by atoms with van der Waals surface area (Å²) in [5.41, 5.74) is 1.74. The number of nitrogens with one attached hydrogen (secondary N) is 3. The van der Waals surface area contributed by atoms with Gasteiger partial charge >= 0.3 is 0 Å². The van der Waals surface area contributed by atoms with E-state index in [2.05, 4.69) is 32.9 Å². The zero-order valence-corrected chi connectivity index (χ0v) is 20.1. The second-order valence-electron chi connectivity index (χ2n) is 6.31. The summed E-state index contributed by atoms with van der Waals surface area (Å²) in [6.07, 6.45) is 5.31. The Bertz CT molecular complexity index is 956. The molecular weight excluding hydrogens is 513 g/mol. The van der Waals surface area contributed by atoms with Crippen molar-refractivity contribution in [2.75, 3.05) is 18.9 Å². The number of aliphatic imine (C=N–C) groups is 1. The van der Waals surface area contributed by atoms with Gasteiger partial charge in [0.25, 0.3) is 5.91 Å². The molecule has 160 valence electrons. The average Bonchev–Trinajstić information content (AvgIpc) is 3.43. The molecule has 0 saturated heterocycles. The van der Waals surface area contributed by atoms with Gasteiger partial charge in [-0.15, -0.1) is 35.3 Å². The Labute approximate surface area is 197 Å². The summed E-state index contributed by atoms with van der Waals surface area (Å²) in [6, 6.07) is 11.0. The van der Waals surface area contributed by atoms with Crippen LogP contribution in [-0.4, -0.2) is 30.4 Å². The van der Waals surface area contributed by atoms with E-state index in [-0.39, 0.29) is 35.6 Å². The predicted octanol–water partition coefficient (Wildman–Crippen LogP) is 4.08. The maximum absolute atomic E-state index is 12.1. The van der Waals surface area contributed by atoms with Gasteiger partial charge in [0.2, 0.25) is 0 Å². The number of thiazole rings is 1. The van der Waals surface area contributed by atoms with Crippen molar-refractivity contribution < 1.29 is 9.21 Å². The monoisotopic (exact) mass is 539 g/mol. The topological polar surface area (TPSA) is 91.5 Å². The van der Waals surface area contributed by atoms with Crippen molar-refractivity contribution in [3.63, 3.8) is 0 Å². The van der Waals surface area contributed by atoms with E-state index in [1.165, 1.54) is 11.1 Å². The Kier molecular flexibility index (Phi) is 9.81. The lowest BCUT2D eigenvalue weighted by molar-refractivity contribution is 0.0996. The van der Waals surface area contributed by atoms with Crippen molar-refractivity contribution in [2.24, 2.45) is 4.99 Å². The molecule has 1 aromatic carbocycles. The van der Waals surface area contributed by atoms with Crippen molar-refractivity contribution in [1.82, 2.24) is 15.6 Å². The lowest BCUT2D eigenvalue weighted by atomic mass is 10.2. The average molecular weight is 539 g/mol. The lowest BCUT2D eigenvalue weighted by Gasteiger charge is -2.12. The van der Waals surface area contributed by atoms with E-state index in [9.17, 15) is 4.79 Å². The quantitative estimate of drug-likeness (QED) is 0.228. The number of benzene rings is 1. The van der Waals surface area contributed by atoms with E-state index in [1.807, 2.05) is 30.5 Å². The normalized spacial score (nSPS) is 10.9. The van der Waals surface area contributed by atoms with Gasteiger partial charge in [-0.25, -0.2) is 4.98 Å². The molecule has 0 spiro atoms. The molecule has 0 radical (unpaired) electrons. The van der Waals surface area contributed by atoms with Gasteiger partial charge in [0.05, 0.1) is 11.3 Å². The van der Waals surface area contributed by atoms with Crippen LogP contribution in [0.25, 0.3) is 0 Å². The van der Waals surface area contributed by atoms with Crippen LogP contribution in [0.5, 0.6) is 0 Å².